The Balaban J connectivity index is 1.10. The maximum Gasteiger partial charge on any atom is 0.238 e. The summed E-state index contributed by atoms with van der Waals surface area (Å²) in [6.45, 7) is 3.93. The number of anilines is 1. The number of nitrogens with one attached hydrogen (secondary N) is 1. The quantitative estimate of drug-likeness (QED) is 0.584. The SMILES string of the molecule is Cc1cc(C)n(-c2ccc(Oc3ccc(NC(=O)C45CC6CC(CC(C6)C4)C5)cc3)nn2)n1. The van der Waals surface area contributed by atoms with Gasteiger partial charge in [-0.3, -0.25) is 4.79 Å². The lowest BCUT2D eigenvalue weighted by molar-refractivity contribution is -0.140. The van der Waals surface area contributed by atoms with Crippen LogP contribution in [0.1, 0.15) is 49.9 Å². The van der Waals surface area contributed by atoms with E-state index in [0.29, 0.717) is 17.4 Å². The van der Waals surface area contributed by atoms with Gasteiger partial charge in [-0.15, -0.1) is 10.2 Å². The molecule has 0 saturated heterocycles. The Labute approximate surface area is 193 Å². The minimum atomic E-state index is -0.146. The van der Waals surface area contributed by atoms with E-state index in [4.69, 9.17) is 4.74 Å². The molecule has 4 aliphatic rings. The van der Waals surface area contributed by atoms with Gasteiger partial charge in [0, 0.05) is 17.4 Å². The normalized spacial score (nSPS) is 27.5. The molecule has 0 radical (unpaired) electrons. The van der Waals surface area contributed by atoms with Gasteiger partial charge in [0.2, 0.25) is 11.8 Å². The zero-order valence-electron chi connectivity index (χ0n) is 19.1. The molecule has 4 fully saturated rings. The van der Waals surface area contributed by atoms with Gasteiger partial charge < -0.3 is 10.1 Å². The van der Waals surface area contributed by atoms with Crippen LogP contribution in [-0.2, 0) is 4.79 Å². The minimum Gasteiger partial charge on any atom is -0.438 e. The van der Waals surface area contributed by atoms with Crippen LogP contribution in [0.2, 0.25) is 0 Å². The molecule has 0 atom stereocenters. The summed E-state index contributed by atoms with van der Waals surface area (Å²) < 4.78 is 7.61. The number of hydrogen-bond donors (Lipinski definition) is 1. The molecule has 4 saturated carbocycles. The van der Waals surface area contributed by atoms with E-state index in [1.54, 1.807) is 10.7 Å². The standard InChI is InChI=1S/C26H29N5O2/c1-16-9-17(2)31(30-16)23-7-8-24(29-28-23)33-22-5-3-21(4-6-22)27-25(32)26-13-18-10-19(14-26)12-20(11-18)15-26/h3-9,18-20H,10-15H2,1-2H3,(H,27,32). The number of ether oxygens (including phenoxy) is 1. The molecule has 3 aromatic rings. The van der Waals surface area contributed by atoms with E-state index in [1.807, 2.05) is 50.2 Å². The molecule has 4 bridgehead atoms. The molecule has 33 heavy (non-hydrogen) atoms. The zero-order chi connectivity index (χ0) is 22.6. The Kier molecular flexibility index (Phi) is 4.75. The molecule has 7 nitrogen and oxygen atoms in total. The van der Waals surface area contributed by atoms with Crippen molar-refractivity contribution < 1.29 is 9.53 Å². The third-order valence-corrected chi connectivity index (χ3v) is 7.71. The van der Waals surface area contributed by atoms with Crippen molar-refractivity contribution in [3.63, 3.8) is 0 Å². The highest BCUT2D eigenvalue weighted by Gasteiger charge is 2.54. The first kappa shape index (κ1) is 20.4. The molecule has 7 heteroatoms. The number of nitrogens with zero attached hydrogens (tertiary/aromatic N) is 4. The van der Waals surface area contributed by atoms with Crippen LogP contribution in [0.5, 0.6) is 11.6 Å². The van der Waals surface area contributed by atoms with Gasteiger partial charge in [0.05, 0.1) is 11.1 Å². The number of aryl methyl sites for hydroxylation is 2. The van der Waals surface area contributed by atoms with Crippen LogP contribution in [0, 0.1) is 37.0 Å². The van der Waals surface area contributed by atoms with E-state index in [9.17, 15) is 4.79 Å². The predicted molar refractivity (Wildman–Crippen MR) is 124 cm³/mol. The van der Waals surface area contributed by atoms with Gasteiger partial charge in [0.15, 0.2) is 5.82 Å². The summed E-state index contributed by atoms with van der Waals surface area (Å²) in [7, 11) is 0. The molecular weight excluding hydrogens is 414 g/mol. The van der Waals surface area contributed by atoms with Crippen molar-refractivity contribution in [2.75, 3.05) is 5.32 Å². The second kappa shape index (κ2) is 7.68. The minimum absolute atomic E-state index is 0.146. The molecule has 0 spiro atoms. The number of carbonyl (C=O) groups excluding carboxylic acids is 1. The van der Waals surface area contributed by atoms with Crippen molar-refractivity contribution >= 4 is 11.6 Å². The van der Waals surface area contributed by atoms with Gasteiger partial charge in [-0.25, -0.2) is 4.68 Å². The third kappa shape index (κ3) is 3.79. The summed E-state index contributed by atoms with van der Waals surface area (Å²) in [6.07, 6.45) is 7.21. The molecule has 7 rings (SSSR count). The summed E-state index contributed by atoms with van der Waals surface area (Å²) in [4.78, 5) is 13.2. The Morgan fingerprint density at radius 1 is 0.970 bits per heavy atom. The fourth-order valence-corrected chi connectivity index (χ4v) is 6.72. The molecule has 4 aliphatic carbocycles. The lowest BCUT2D eigenvalue weighted by Crippen LogP contribution is -2.51. The zero-order valence-corrected chi connectivity index (χ0v) is 19.1. The van der Waals surface area contributed by atoms with Gasteiger partial charge in [-0.2, -0.15) is 5.10 Å². The second-order valence-corrected chi connectivity index (χ2v) is 10.3. The molecule has 1 amide bonds. The highest BCUT2D eigenvalue weighted by Crippen LogP contribution is 2.60. The lowest BCUT2D eigenvalue weighted by Gasteiger charge is -2.55. The Hall–Kier alpha value is -3.22. The summed E-state index contributed by atoms with van der Waals surface area (Å²) in [5, 5.41) is 16.0. The van der Waals surface area contributed by atoms with Crippen LogP contribution in [0.4, 0.5) is 5.69 Å². The first-order chi connectivity index (χ1) is 16.0. The average Bonchev–Trinajstić information content (AvgIpc) is 3.12. The highest BCUT2D eigenvalue weighted by atomic mass is 16.5. The summed E-state index contributed by atoms with van der Waals surface area (Å²) >= 11 is 0. The van der Waals surface area contributed by atoms with Crippen LogP contribution < -0.4 is 10.1 Å². The molecule has 0 aliphatic heterocycles. The van der Waals surface area contributed by atoms with E-state index in [2.05, 4.69) is 20.6 Å². The van der Waals surface area contributed by atoms with E-state index >= 15 is 0 Å². The van der Waals surface area contributed by atoms with Crippen molar-refractivity contribution in [2.24, 2.45) is 23.2 Å². The number of aromatic nitrogens is 4. The van der Waals surface area contributed by atoms with Crippen LogP contribution in [0.15, 0.2) is 42.5 Å². The van der Waals surface area contributed by atoms with Gasteiger partial charge in [0.1, 0.15) is 5.75 Å². The van der Waals surface area contributed by atoms with Gasteiger partial charge in [-0.1, -0.05) is 0 Å². The van der Waals surface area contributed by atoms with Crippen LogP contribution in [0.25, 0.3) is 5.82 Å². The Morgan fingerprint density at radius 2 is 1.64 bits per heavy atom. The van der Waals surface area contributed by atoms with E-state index in [-0.39, 0.29) is 11.3 Å². The van der Waals surface area contributed by atoms with Crippen LogP contribution in [0.3, 0.4) is 0 Å². The smallest absolute Gasteiger partial charge is 0.238 e. The predicted octanol–water partition coefficient (Wildman–Crippen LogP) is 5.23. The van der Waals surface area contributed by atoms with E-state index < -0.39 is 0 Å². The average molecular weight is 444 g/mol. The Bertz CT molecular complexity index is 1150. The largest absolute Gasteiger partial charge is 0.438 e. The fourth-order valence-electron chi connectivity index (χ4n) is 6.72. The van der Waals surface area contributed by atoms with Crippen molar-refractivity contribution in [3.8, 4) is 17.4 Å². The number of hydrogen-bond acceptors (Lipinski definition) is 5. The molecule has 2 aromatic heterocycles. The first-order valence-electron chi connectivity index (χ1n) is 11.9. The summed E-state index contributed by atoms with van der Waals surface area (Å²) in [5.74, 6) is 4.18. The van der Waals surface area contributed by atoms with Crippen molar-refractivity contribution in [1.82, 2.24) is 20.0 Å². The topological polar surface area (TPSA) is 81.9 Å². The van der Waals surface area contributed by atoms with Crippen molar-refractivity contribution in [2.45, 2.75) is 52.4 Å². The maximum atomic E-state index is 13.2. The monoisotopic (exact) mass is 443 g/mol. The number of rotatable bonds is 5. The summed E-state index contributed by atoms with van der Waals surface area (Å²) in [5.41, 5.74) is 2.60. The molecular formula is C26H29N5O2. The van der Waals surface area contributed by atoms with E-state index in [0.717, 1.165) is 54.1 Å². The van der Waals surface area contributed by atoms with E-state index in [1.165, 1.54) is 19.3 Å². The van der Waals surface area contributed by atoms with Gasteiger partial charge in [-0.05, 0) is 107 Å². The van der Waals surface area contributed by atoms with Crippen molar-refractivity contribution in [3.05, 3.63) is 53.9 Å². The number of amides is 1. The van der Waals surface area contributed by atoms with Gasteiger partial charge in [0.25, 0.3) is 0 Å². The van der Waals surface area contributed by atoms with Crippen molar-refractivity contribution in [1.29, 1.82) is 0 Å². The molecule has 1 aromatic carbocycles. The number of carbonyl (C=O) groups is 1. The lowest BCUT2D eigenvalue weighted by atomic mass is 9.49. The Morgan fingerprint density at radius 3 is 2.18 bits per heavy atom. The van der Waals surface area contributed by atoms with Gasteiger partial charge >= 0.3 is 0 Å². The highest BCUT2D eigenvalue weighted by molar-refractivity contribution is 5.95. The maximum absolute atomic E-state index is 13.2. The van der Waals surface area contributed by atoms with Crippen LogP contribution >= 0.6 is 0 Å². The molecule has 0 unspecified atom stereocenters. The second-order valence-electron chi connectivity index (χ2n) is 10.3. The molecule has 1 N–H and O–H groups in total. The summed E-state index contributed by atoms with van der Waals surface area (Å²) in [6, 6.07) is 13.1. The molecule has 170 valence electrons. The first-order valence-corrected chi connectivity index (χ1v) is 11.9. The van der Waals surface area contributed by atoms with Crippen LogP contribution in [-0.4, -0.2) is 25.9 Å². The molecule has 2 heterocycles. The third-order valence-electron chi connectivity index (χ3n) is 7.71. The fraction of sp³-hybridized carbons (Fsp3) is 0.462. The number of benzene rings is 1.